The monoisotopic (exact) mass is 426 g/mol. The fourth-order valence-corrected chi connectivity index (χ4v) is 3.29. The Hall–Kier alpha value is -2.97. The third-order valence-corrected chi connectivity index (χ3v) is 4.77. The Morgan fingerprint density at radius 1 is 1.20 bits per heavy atom. The van der Waals surface area contributed by atoms with E-state index in [0.717, 1.165) is 55.2 Å². The zero-order chi connectivity index (χ0) is 21.6. The van der Waals surface area contributed by atoms with Gasteiger partial charge in [-0.25, -0.2) is 9.97 Å². The van der Waals surface area contributed by atoms with Gasteiger partial charge in [0.15, 0.2) is 11.1 Å². The van der Waals surface area contributed by atoms with E-state index in [1.807, 2.05) is 42.7 Å². The van der Waals surface area contributed by atoms with Crippen LogP contribution in [0.2, 0.25) is 0 Å². The molecule has 0 bridgehead atoms. The highest BCUT2D eigenvalue weighted by Gasteiger charge is 2.14. The number of thiazole rings is 1. The first kappa shape index (κ1) is 23.3. The molecule has 30 heavy (non-hydrogen) atoms. The van der Waals surface area contributed by atoms with Gasteiger partial charge in [0.1, 0.15) is 11.5 Å². The van der Waals surface area contributed by atoms with Gasteiger partial charge < -0.3 is 20.3 Å². The minimum absolute atomic E-state index is 0.716. The SMILES string of the molecule is C=C/C=C\C=C.CCNC(=NC)Nc1nc(-c2cccc(N3CCOCC3)n2)cs1. The lowest BCUT2D eigenvalue weighted by atomic mass is 10.3. The van der Waals surface area contributed by atoms with Crippen molar-refractivity contribution < 1.29 is 4.74 Å². The number of pyridine rings is 1. The number of hydrogen-bond acceptors (Lipinski definition) is 6. The summed E-state index contributed by atoms with van der Waals surface area (Å²) in [5.74, 6) is 1.69. The largest absolute Gasteiger partial charge is 0.378 e. The minimum atomic E-state index is 0.716. The molecule has 1 saturated heterocycles. The van der Waals surface area contributed by atoms with Gasteiger partial charge in [-0.15, -0.1) is 11.3 Å². The van der Waals surface area contributed by atoms with E-state index in [0.29, 0.717) is 5.96 Å². The molecule has 2 aromatic heterocycles. The van der Waals surface area contributed by atoms with E-state index in [2.05, 4.69) is 38.7 Å². The molecule has 0 unspecified atom stereocenters. The van der Waals surface area contributed by atoms with Crippen LogP contribution in [0.3, 0.4) is 0 Å². The number of morpholine rings is 1. The molecule has 0 amide bonds. The average molecular weight is 427 g/mol. The van der Waals surface area contributed by atoms with Crippen molar-refractivity contribution in [1.29, 1.82) is 0 Å². The summed E-state index contributed by atoms with van der Waals surface area (Å²) in [6, 6.07) is 6.05. The van der Waals surface area contributed by atoms with Crippen LogP contribution < -0.4 is 15.5 Å². The Labute approximate surface area is 182 Å². The molecule has 2 N–H and O–H groups in total. The number of hydrogen-bond donors (Lipinski definition) is 2. The van der Waals surface area contributed by atoms with Crippen molar-refractivity contribution in [1.82, 2.24) is 15.3 Å². The van der Waals surface area contributed by atoms with Crippen LogP contribution >= 0.6 is 11.3 Å². The van der Waals surface area contributed by atoms with Crippen molar-refractivity contribution in [2.75, 3.05) is 50.1 Å². The van der Waals surface area contributed by atoms with Gasteiger partial charge in [-0.3, -0.25) is 4.99 Å². The molecule has 160 valence electrons. The number of aliphatic imine (C=N–C) groups is 1. The van der Waals surface area contributed by atoms with E-state index >= 15 is 0 Å². The van der Waals surface area contributed by atoms with Gasteiger partial charge in [0.2, 0.25) is 0 Å². The first-order valence-corrected chi connectivity index (χ1v) is 10.7. The molecule has 0 aliphatic carbocycles. The summed E-state index contributed by atoms with van der Waals surface area (Å²) in [5.41, 5.74) is 1.74. The third-order valence-electron chi connectivity index (χ3n) is 4.01. The van der Waals surface area contributed by atoms with Crippen LogP contribution in [0.1, 0.15) is 6.92 Å². The molecule has 8 heteroatoms. The van der Waals surface area contributed by atoms with Crippen LogP contribution in [-0.4, -0.2) is 55.8 Å². The Bertz CT molecular complexity index is 845. The maximum atomic E-state index is 5.40. The van der Waals surface area contributed by atoms with E-state index in [1.54, 1.807) is 19.2 Å². The number of rotatable bonds is 6. The van der Waals surface area contributed by atoms with Crippen LogP contribution in [-0.2, 0) is 4.74 Å². The topological polar surface area (TPSA) is 74.7 Å². The highest BCUT2D eigenvalue weighted by atomic mass is 32.1. The second-order valence-electron chi connectivity index (χ2n) is 6.10. The molecule has 3 rings (SSSR count). The lowest BCUT2D eigenvalue weighted by molar-refractivity contribution is 0.122. The smallest absolute Gasteiger partial charge is 0.197 e. The summed E-state index contributed by atoms with van der Waals surface area (Å²) in [6.07, 6.45) is 7.07. The van der Waals surface area contributed by atoms with Crippen molar-refractivity contribution in [3.05, 3.63) is 61.0 Å². The maximum Gasteiger partial charge on any atom is 0.197 e. The van der Waals surface area contributed by atoms with Gasteiger partial charge in [0.25, 0.3) is 0 Å². The summed E-state index contributed by atoms with van der Waals surface area (Å²) in [4.78, 5) is 15.8. The predicted molar refractivity (Wildman–Crippen MR) is 129 cm³/mol. The number of allylic oxidation sites excluding steroid dienone is 4. The van der Waals surface area contributed by atoms with Crippen LogP contribution in [0.15, 0.2) is 66.0 Å². The molecule has 0 saturated carbocycles. The molecular weight excluding hydrogens is 396 g/mol. The van der Waals surface area contributed by atoms with Gasteiger partial charge in [0.05, 0.1) is 18.9 Å². The summed E-state index contributed by atoms with van der Waals surface area (Å²) in [6.45, 7) is 13.0. The standard InChI is InChI=1S/C16H22N6OS.C6H8/c1-3-18-15(17-2)21-16-20-13(11-24-16)12-5-4-6-14(19-12)22-7-9-23-10-8-22;1-3-5-6-4-2/h4-6,11H,3,7-10H2,1-2H3,(H2,17,18,20,21);3-6H,1-2H2/b;6-5-. The predicted octanol–water partition coefficient (Wildman–Crippen LogP) is 3.96. The number of nitrogens with one attached hydrogen (secondary N) is 2. The van der Waals surface area contributed by atoms with E-state index in [9.17, 15) is 0 Å². The van der Waals surface area contributed by atoms with Crippen molar-refractivity contribution >= 4 is 28.2 Å². The normalized spacial score (nSPS) is 14.1. The van der Waals surface area contributed by atoms with Gasteiger partial charge in [-0.05, 0) is 19.1 Å². The number of aromatic nitrogens is 2. The summed E-state index contributed by atoms with van der Waals surface area (Å²) >= 11 is 1.54. The molecule has 1 fully saturated rings. The van der Waals surface area contributed by atoms with Gasteiger partial charge >= 0.3 is 0 Å². The highest BCUT2D eigenvalue weighted by molar-refractivity contribution is 7.14. The number of anilines is 2. The van der Waals surface area contributed by atoms with Gasteiger partial charge in [-0.2, -0.15) is 0 Å². The van der Waals surface area contributed by atoms with Gasteiger partial charge in [0, 0.05) is 32.1 Å². The van der Waals surface area contributed by atoms with E-state index in [4.69, 9.17) is 9.72 Å². The third kappa shape index (κ3) is 7.46. The first-order chi connectivity index (χ1) is 14.7. The molecule has 3 heterocycles. The number of ether oxygens (including phenoxy) is 1. The Morgan fingerprint density at radius 2 is 1.93 bits per heavy atom. The van der Waals surface area contributed by atoms with E-state index < -0.39 is 0 Å². The number of nitrogens with zero attached hydrogens (tertiary/aromatic N) is 4. The molecule has 0 radical (unpaired) electrons. The molecule has 2 aromatic rings. The fraction of sp³-hybridized carbons (Fsp3) is 0.318. The lowest BCUT2D eigenvalue weighted by Crippen LogP contribution is -2.36. The van der Waals surface area contributed by atoms with Crippen molar-refractivity contribution in [3.8, 4) is 11.4 Å². The summed E-state index contributed by atoms with van der Waals surface area (Å²) in [5, 5.41) is 9.15. The average Bonchev–Trinajstić information content (AvgIpc) is 3.27. The molecule has 0 spiro atoms. The summed E-state index contributed by atoms with van der Waals surface area (Å²) < 4.78 is 5.40. The quantitative estimate of drug-likeness (QED) is 0.414. The van der Waals surface area contributed by atoms with E-state index in [-0.39, 0.29) is 0 Å². The first-order valence-electron chi connectivity index (χ1n) is 9.85. The zero-order valence-corrected chi connectivity index (χ0v) is 18.5. The molecule has 1 aliphatic rings. The molecule has 0 atom stereocenters. The van der Waals surface area contributed by atoms with Gasteiger partial charge in [-0.1, -0.05) is 43.5 Å². The van der Waals surface area contributed by atoms with Crippen LogP contribution in [0.4, 0.5) is 10.9 Å². The van der Waals surface area contributed by atoms with Crippen LogP contribution in [0.5, 0.6) is 0 Å². The second-order valence-corrected chi connectivity index (χ2v) is 6.96. The fourth-order valence-electron chi connectivity index (χ4n) is 2.59. The maximum absolute atomic E-state index is 5.40. The Morgan fingerprint density at radius 3 is 2.57 bits per heavy atom. The van der Waals surface area contributed by atoms with Crippen molar-refractivity contribution in [2.45, 2.75) is 6.92 Å². The molecule has 7 nitrogen and oxygen atoms in total. The van der Waals surface area contributed by atoms with Crippen LogP contribution in [0, 0.1) is 0 Å². The van der Waals surface area contributed by atoms with Crippen molar-refractivity contribution in [2.24, 2.45) is 4.99 Å². The molecule has 0 aromatic carbocycles. The van der Waals surface area contributed by atoms with Crippen LogP contribution in [0.25, 0.3) is 11.4 Å². The minimum Gasteiger partial charge on any atom is -0.378 e. The molecule has 1 aliphatic heterocycles. The van der Waals surface area contributed by atoms with E-state index in [1.165, 1.54) is 11.3 Å². The molecular formula is C22H30N6OS. The summed E-state index contributed by atoms with van der Waals surface area (Å²) in [7, 11) is 1.74. The number of guanidine groups is 1. The lowest BCUT2D eigenvalue weighted by Gasteiger charge is -2.27. The van der Waals surface area contributed by atoms with Crippen molar-refractivity contribution in [3.63, 3.8) is 0 Å². The highest BCUT2D eigenvalue weighted by Crippen LogP contribution is 2.25. The Balaban J connectivity index is 0.000000469. The zero-order valence-electron chi connectivity index (χ0n) is 17.7. The Kier molecular flexibility index (Phi) is 10.3. The second kappa shape index (κ2) is 13.3.